The zero-order chi connectivity index (χ0) is 14.7. The van der Waals surface area contributed by atoms with Crippen LogP contribution in [0.4, 0.5) is 5.69 Å². The fraction of sp³-hybridized carbons (Fsp3) is 0.188. The van der Waals surface area contributed by atoms with Gasteiger partial charge < -0.3 is 10.6 Å². The quantitative estimate of drug-likeness (QED) is 0.879. The number of rotatable bonds is 3. The van der Waals surface area contributed by atoms with E-state index < -0.39 is 0 Å². The van der Waals surface area contributed by atoms with Crippen LogP contribution < -0.4 is 5.73 Å². The van der Waals surface area contributed by atoms with Crippen molar-refractivity contribution in [1.82, 2.24) is 4.90 Å². The SMILES string of the molecule is Cc1ccc(N)cc1C(=O)N(C)Cc1ccc(Cl)cc1. The van der Waals surface area contributed by atoms with Crippen LogP contribution in [0.25, 0.3) is 0 Å². The van der Waals surface area contributed by atoms with E-state index in [-0.39, 0.29) is 5.91 Å². The van der Waals surface area contributed by atoms with Crippen molar-refractivity contribution in [3.8, 4) is 0 Å². The Hall–Kier alpha value is -2.00. The lowest BCUT2D eigenvalue weighted by Gasteiger charge is -2.19. The maximum absolute atomic E-state index is 12.4. The van der Waals surface area contributed by atoms with Crippen LogP contribution in [0.1, 0.15) is 21.5 Å². The molecule has 1 amide bonds. The summed E-state index contributed by atoms with van der Waals surface area (Å²) in [5, 5.41) is 0.689. The maximum Gasteiger partial charge on any atom is 0.254 e. The summed E-state index contributed by atoms with van der Waals surface area (Å²) in [6.45, 7) is 2.44. The first-order valence-electron chi connectivity index (χ1n) is 6.33. The van der Waals surface area contributed by atoms with Gasteiger partial charge in [0.05, 0.1) is 0 Å². The predicted octanol–water partition coefficient (Wildman–Crippen LogP) is 3.50. The van der Waals surface area contributed by atoms with Gasteiger partial charge in [0.1, 0.15) is 0 Å². The lowest BCUT2D eigenvalue weighted by Crippen LogP contribution is -2.26. The smallest absolute Gasteiger partial charge is 0.254 e. The largest absolute Gasteiger partial charge is 0.399 e. The van der Waals surface area contributed by atoms with E-state index in [4.69, 9.17) is 17.3 Å². The average molecular weight is 289 g/mol. The van der Waals surface area contributed by atoms with Gasteiger partial charge in [-0.25, -0.2) is 0 Å². The molecular weight excluding hydrogens is 272 g/mol. The molecule has 2 rings (SSSR count). The van der Waals surface area contributed by atoms with Crippen molar-refractivity contribution < 1.29 is 4.79 Å². The van der Waals surface area contributed by atoms with E-state index in [9.17, 15) is 4.79 Å². The van der Waals surface area contributed by atoms with Crippen molar-refractivity contribution in [2.75, 3.05) is 12.8 Å². The van der Waals surface area contributed by atoms with E-state index in [1.807, 2.05) is 37.3 Å². The zero-order valence-corrected chi connectivity index (χ0v) is 12.3. The van der Waals surface area contributed by atoms with E-state index in [2.05, 4.69) is 0 Å². The van der Waals surface area contributed by atoms with Crippen LogP contribution in [0.2, 0.25) is 5.02 Å². The second-order valence-electron chi connectivity index (χ2n) is 4.86. The first-order chi connectivity index (χ1) is 9.47. The number of nitrogens with zero attached hydrogens (tertiary/aromatic N) is 1. The summed E-state index contributed by atoms with van der Waals surface area (Å²) >= 11 is 5.85. The van der Waals surface area contributed by atoms with Crippen LogP contribution in [0, 0.1) is 6.92 Å². The standard InChI is InChI=1S/C16H17ClN2O/c1-11-3-8-14(18)9-15(11)16(20)19(2)10-12-4-6-13(17)7-5-12/h3-9H,10,18H2,1-2H3. The van der Waals surface area contributed by atoms with E-state index in [1.54, 1.807) is 24.1 Å². The van der Waals surface area contributed by atoms with Gasteiger partial charge in [0.15, 0.2) is 0 Å². The molecule has 104 valence electrons. The van der Waals surface area contributed by atoms with Gasteiger partial charge >= 0.3 is 0 Å². The van der Waals surface area contributed by atoms with Gasteiger partial charge in [0, 0.05) is 29.9 Å². The van der Waals surface area contributed by atoms with Crippen molar-refractivity contribution in [3.63, 3.8) is 0 Å². The summed E-state index contributed by atoms with van der Waals surface area (Å²) in [7, 11) is 1.78. The Morgan fingerprint density at radius 1 is 1.20 bits per heavy atom. The molecule has 0 aliphatic carbocycles. The lowest BCUT2D eigenvalue weighted by atomic mass is 10.1. The lowest BCUT2D eigenvalue weighted by molar-refractivity contribution is 0.0784. The summed E-state index contributed by atoms with van der Waals surface area (Å²) in [6.07, 6.45) is 0. The van der Waals surface area contributed by atoms with Gasteiger partial charge in [0.2, 0.25) is 0 Å². The van der Waals surface area contributed by atoms with Crippen molar-refractivity contribution in [2.45, 2.75) is 13.5 Å². The molecule has 0 heterocycles. The normalized spacial score (nSPS) is 10.3. The third-order valence-electron chi connectivity index (χ3n) is 3.17. The van der Waals surface area contributed by atoms with E-state index >= 15 is 0 Å². The number of anilines is 1. The van der Waals surface area contributed by atoms with Crippen LogP contribution in [-0.2, 0) is 6.54 Å². The summed E-state index contributed by atoms with van der Waals surface area (Å²) in [5.74, 6) is -0.0373. The van der Waals surface area contributed by atoms with Crippen molar-refractivity contribution >= 4 is 23.2 Å². The number of hydrogen-bond donors (Lipinski definition) is 1. The Labute approximate surface area is 124 Å². The molecule has 0 saturated heterocycles. The molecule has 0 fully saturated rings. The van der Waals surface area contributed by atoms with Gasteiger partial charge in [-0.1, -0.05) is 29.8 Å². The fourth-order valence-electron chi connectivity index (χ4n) is 2.01. The minimum atomic E-state index is -0.0373. The summed E-state index contributed by atoms with van der Waals surface area (Å²) < 4.78 is 0. The highest BCUT2D eigenvalue weighted by Crippen LogP contribution is 2.16. The molecular formula is C16H17ClN2O. The summed E-state index contributed by atoms with van der Waals surface area (Å²) in [4.78, 5) is 14.1. The molecule has 20 heavy (non-hydrogen) atoms. The summed E-state index contributed by atoms with van der Waals surface area (Å²) in [6, 6.07) is 12.8. The molecule has 0 atom stereocenters. The Balaban J connectivity index is 2.16. The number of nitrogen functional groups attached to an aromatic ring is 1. The van der Waals surface area contributed by atoms with Crippen LogP contribution >= 0.6 is 11.6 Å². The minimum Gasteiger partial charge on any atom is -0.399 e. The van der Waals surface area contributed by atoms with E-state index in [0.717, 1.165) is 11.1 Å². The van der Waals surface area contributed by atoms with Crippen LogP contribution in [0.3, 0.4) is 0 Å². The van der Waals surface area contributed by atoms with Gasteiger partial charge in [-0.3, -0.25) is 4.79 Å². The second kappa shape index (κ2) is 5.97. The highest BCUT2D eigenvalue weighted by molar-refractivity contribution is 6.30. The Morgan fingerprint density at radius 3 is 2.50 bits per heavy atom. The number of halogens is 1. The number of carbonyl (C=O) groups is 1. The Morgan fingerprint density at radius 2 is 1.85 bits per heavy atom. The maximum atomic E-state index is 12.4. The molecule has 4 heteroatoms. The molecule has 0 spiro atoms. The first kappa shape index (κ1) is 14.4. The van der Waals surface area contributed by atoms with Gasteiger partial charge in [-0.05, 0) is 42.3 Å². The third-order valence-corrected chi connectivity index (χ3v) is 3.42. The zero-order valence-electron chi connectivity index (χ0n) is 11.6. The molecule has 3 nitrogen and oxygen atoms in total. The molecule has 2 N–H and O–H groups in total. The molecule has 0 aromatic heterocycles. The number of aryl methyl sites for hydroxylation is 1. The summed E-state index contributed by atoms with van der Waals surface area (Å²) in [5.41, 5.74) is 8.94. The van der Waals surface area contributed by atoms with Gasteiger partial charge in [-0.15, -0.1) is 0 Å². The molecule has 0 radical (unpaired) electrons. The Kier molecular flexibility index (Phi) is 4.30. The van der Waals surface area contributed by atoms with Crippen LogP contribution in [0.15, 0.2) is 42.5 Å². The minimum absolute atomic E-state index is 0.0373. The monoisotopic (exact) mass is 288 g/mol. The van der Waals surface area contributed by atoms with Crippen molar-refractivity contribution in [3.05, 3.63) is 64.2 Å². The van der Waals surface area contributed by atoms with Gasteiger partial charge in [0.25, 0.3) is 5.91 Å². The van der Waals surface area contributed by atoms with E-state index in [1.165, 1.54) is 0 Å². The molecule has 0 aliphatic heterocycles. The van der Waals surface area contributed by atoms with E-state index in [0.29, 0.717) is 22.8 Å². The van der Waals surface area contributed by atoms with Crippen LogP contribution in [-0.4, -0.2) is 17.9 Å². The average Bonchev–Trinajstić information content (AvgIpc) is 2.43. The highest BCUT2D eigenvalue weighted by atomic mass is 35.5. The Bertz CT molecular complexity index is 623. The number of carbonyl (C=O) groups excluding carboxylic acids is 1. The molecule has 2 aromatic carbocycles. The fourth-order valence-corrected chi connectivity index (χ4v) is 2.14. The van der Waals surface area contributed by atoms with Crippen molar-refractivity contribution in [1.29, 1.82) is 0 Å². The van der Waals surface area contributed by atoms with Gasteiger partial charge in [-0.2, -0.15) is 0 Å². The number of benzene rings is 2. The number of nitrogens with two attached hydrogens (primary N) is 1. The molecule has 0 bridgehead atoms. The topological polar surface area (TPSA) is 46.3 Å². The number of hydrogen-bond acceptors (Lipinski definition) is 2. The highest BCUT2D eigenvalue weighted by Gasteiger charge is 2.14. The molecule has 0 saturated carbocycles. The first-order valence-corrected chi connectivity index (χ1v) is 6.71. The van der Waals surface area contributed by atoms with Crippen molar-refractivity contribution in [2.24, 2.45) is 0 Å². The predicted molar refractivity (Wildman–Crippen MR) is 82.8 cm³/mol. The molecule has 0 unspecified atom stereocenters. The molecule has 0 aliphatic rings. The second-order valence-corrected chi connectivity index (χ2v) is 5.30. The third kappa shape index (κ3) is 3.31. The molecule has 2 aromatic rings. The van der Waals surface area contributed by atoms with Crippen LogP contribution in [0.5, 0.6) is 0 Å². The number of amides is 1.